The Bertz CT molecular complexity index is 595. The number of halogens is 2. The fourth-order valence-corrected chi connectivity index (χ4v) is 3.46. The van der Waals surface area contributed by atoms with Gasteiger partial charge in [-0.05, 0) is 35.9 Å². The minimum absolute atomic E-state index is 0.802. The molecule has 0 spiro atoms. The maximum absolute atomic E-state index is 6.09. The quantitative estimate of drug-likeness (QED) is 0.736. The lowest BCUT2D eigenvalue weighted by Gasteiger charge is -2.38. The molecule has 2 nitrogen and oxygen atoms in total. The van der Waals surface area contributed by atoms with E-state index in [9.17, 15) is 0 Å². The Kier molecular flexibility index (Phi) is 4.71. The predicted molar refractivity (Wildman–Crippen MR) is 95.0 cm³/mol. The smallest absolute Gasteiger partial charge is 0.0410 e. The highest BCUT2D eigenvalue weighted by atomic mass is 79.9. The number of para-hydroxylation sites is 1. The molecule has 1 saturated heterocycles. The van der Waals surface area contributed by atoms with Crippen LogP contribution in [0.25, 0.3) is 0 Å². The number of alkyl halides is 1. The zero-order valence-electron chi connectivity index (χ0n) is 11.8. The zero-order chi connectivity index (χ0) is 14.7. The Morgan fingerprint density at radius 2 is 1.57 bits per heavy atom. The molecule has 1 aliphatic rings. The molecular formula is C17H18BrClN2. The van der Waals surface area contributed by atoms with Crippen LogP contribution in [0.15, 0.2) is 48.5 Å². The summed E-state index contributed by atoms with van der Waals surface area (Å²) in [7, 11) is 0. The van der Waals surface area contributed by atoms with E-state index < -0.39 is 0 Å². The van der Waals surface area contributed by atoms with E-state index in [1.54, 1.807) is 0 Å². The molecule has 0 amide bonds. The molecule has 4 heteroatoms. The number of hydrogen-bond acceptors (Lipinski definition) is 2. The van der Waals surface area contributed by atoms with E-state index in [1.807, 2.05) is 6.07 Å². The maximum Gasteiger partial charge on any atom is 0.0410 e. The van der Waals surface area contributed by atoms with Crippen LogP contribution < -0.4 is 9.80 Å². The van der Waals surface area contributed by atoms with E-state index >= 15 is 0 Å². The number of benzene rings is 2. The second kappa shape index (κ2) is 6.71. The average Bonchev–Trinajstić information content (AvgIpc) is 2.56. The summed E-state index contributed by atoms with van der Waals surface area (Å²) in [6, 6.07) is 16.8. The van der Waals surface area contributed by atoms with Crippen LogP contribution in [-0.4, -0.2) is 26.2 Å². The molecule has 2 aromatic rings. The number of nitrogens with zero attached hydrogens (tertiary/aromatic N) is 2. The van der Waals surface area contributed by atoms with Gasteiger partial charge in [0, 0.05) is 47.9 Å². The van der Waals surface area contributed by atoms with Crippen molar-refractivity contribution >= 4 is 38.9 Å². The third-order valence-electron chi connectivity index (χ3n) is 3.93. The molecule has 0 atom stereocenters. The summed E-state index contributed by atoms with van der Waals surface area (Å²) >= 11 is 9.65. The van der Waals surface area contributed by atoms with Gasteiger partial charge in [-0.2, -0.15) is 0 Å². The number of hydrogen-bond donors (Lipinski definition) is 0. The van der Waals surface area contributed by atoms with Crippen LogP contribution in [0.3, 0.4) is 0 Å². The van der Waals surface area contributed by atoms with Gasteiger partial charge in [0.15, 0.2) is 0 Å². The van der Waals surface area contributed by atoms with Gasteiger partial charge in [-0.15, -0.1) is 0 Å². The normalized spacial score (nSPS) is 15.3. The standard InChI is InChI=1S/C17H18BrClN2/c18-13-14-12-15(19)6-7-17(14)21-10-8-20(9-11-21)16-4-2-1-3-5-16/h1-7,12H,8-11,13H2. The van der Waals surface area contributed by atoms with Gasteiger partial charge < -0.3 is 9.80 Å². The molecule has 1 fully saturated rings. The SMILES string of the molecule is Clc1ccc(N2CCN(c3ccccc3)CC2)c(CBr)c1. The van der Waals surface area contributed by atoms with Gasteiger partial charge in [-0.25, -0.2) is 0 Å². The van der Waals surface area contributed by atoms with Crippen molar-refractivity contribution in [1.29, 1.82) is 0 Å². The summed E-state index contributed by atoms with van der Waals surface area (Å²) in [4.78, 5) is 4.90. The van der Waals surface area contributed by atoms with Crippen LogP contribution in [0.4, 0.5) is 11.4 Å². The van der Waals surface area contributed by atoms with Gasteiger partial charge >= 0.3 is 0 Å². The van der Waals surface area contributed by atoms with Crippen LogP contribution in [0.2, 0.25) is 5.02 Å². The first kappa shape index (κ1) is 14.7. The summed E-state index contributed by atoms with van der Waals surface area (Å²) in [5.74, 6) is 0. The molecule has 110 valence electrons. The lowest BCUT2D eigenvalue weighted by molar-refractivity contribution is 0.652. The van der Waals surface area contributed by atoms with Crippen LogP contribution in [0, 0.1) is 0 Å². The van der Waals surface area contributed by atoms with Gasteiger partial charge in [0.1, 0.15) is 0 Å². The van der Waals surface area contributed by atoms with Crippen LogP contribution in [0.5, 0.6) is 0 Å². The van der Waals surface area contributed by atoms with Gasteiger partial charge in [0.2, 0.25) is 0 Å². The second-order valence-corrected chi connectivity index (χ2v) is 6.21. The summed E-state index contributed by atoms with van der Waals surface area (Å²) in [5.41, 5.74) is 3.87. The molecule has 2 aromatic carbocycles. The van der Waals surface area contributed by atoms with Gasteiger partial charge in [0.05, 0.1) is 0 Å². The van der Waals surface area contributed by atoms with E-state index in [0.717, 1.165) is 36.5 Å². The number of anilines is 2. The van der Waals surface area contributed by atoms with Gasteiger partial charge in [-0.1, -0.05) is 45.7 Å². The topological polar surface area (TPSA) is 6.48 Å². The van der Waals surface area contributed by atoms with E-state index in [2.05, 4.69) is 68.2 Å². The lowest BCUT2D eigenvalue weighted by Crippen LogP contribution is -2.46. The van der Waals surface area contributed by atoms with Crippen molar-refractivity contribution in [2.45, 2.75) is 5.33 Å². The van der Waals surface area contributed by atoms with E-state index in [1.165, 1.54) is 16.9 Å². The lowest BCUT2D eigenvalue weighted by atomic mass is 10.1. The highest BCUT2D eigenvalue weighted by Gasteiger charge is 2.19. The van der Waals surface area contributed by atoms with Crippen molar-refractivity contribution in [3.63, 3.8) is 0 Å². The molecule has 0 N–H and O–H groups in total. The monoisotopic (exact) mass is 364 g/mol. The van der Waals surface area contributed by atoms with E-state index in [4.69, 9.17) is 11.6 Å². The molecule has 1 heterocycles. The highest BCUT2D eigenvalue weighted by molar-refractivity contribution is 9.08. The second-order valence-electron chi connectivity index (χ2n) is 5.22. The Morgan fingerprint density at radius 1 is 0.905 bits per heavy atom. The highest BCUT2D eigenvalue weighted by Crippen LogP contribution is 2.28. The summed E-state index contributed by atoms with van der Waals surface area (Å²) < 4.78 is 0. The first-order valence-electron chi connectivity index (χ1n) is 7.17. The van der Waals surface area contributed by atoms with Crippen molar-refractivity contribution in [3.8, 4) is 0 Å². The molecule has 0 aliphatic carbocycles. The first-order chi connectivity index (χ1) is 10.3. The van der Waals surface area contributed by atoms with Crippen molar-refractivity contribution in [2.24, 2.45) is 0 Å². The molecule has 1 aliphatic heterocycles. The maximum atomic E-state index is 6.09. The van der Waals surface area contributed by atoms with Crippen LogP contribution >= 0.6 is 27.5 Å². The first-order valence-corrected chi connectivity index (χ1v) is 8.67. The minimum Gasteiger partial charge on any atom is -0.368 e. The Labute approximate surface area is 139 Å². The van der Waals surface area contributed by atoms with Crippen molar-refractivity contribution in [3.05, 3.63) is 59.1 Å². The fraction of sp³-hybridized carbons (Fsp3) is 0.294. The number of piperazine rings is 1. The van der Waals surface area contributed by atoms with Crippen LogP contribution in [-0.2, 0) is 5.33 Å². The summed E-state index contributed by atoms with van der Waals surface area (Å²) in [6.07, 6.45) is 0. The van der Waals surface area contributed by atoms with Crippen molar-refractivity contribution in [1.82, 2.24) is 0 Å². The van der Waals surface area contributed by atoms with Gasteiger partial charge in [-0.3, -0.25) is 0 Å². The fourth-order valence-electron chi connectivity index (χ4n) is 2.81. The van der Waals surface area contributed by atoms with Crippen molar-refractivity contribution in [2.75, 3.05) is 36.0 Å². The third-order valence-corrected chi connectivity index (χ3v) is 4.77. The summed E-state index contributed by atoms with van der Waals surface area (Å²) in [5, 5.41) is 1.64. The largest absolute Gasteiger partial charge is 0.368 e. The average molecular weight is 366 g/mol. The Hall–Kier alpha value is -1.19. The zero-order valence-corrected chi connectivity index (χ0v) is 14.1. The molecule has 3 rings (SSSR count). The molecule has 0 saturated carbocycles. The van der Waals surface area contributed by atoms with Crippen molar-refractivity contribution < 1.29 is 0 Å². The molecule has 0 bridgehead atoms. The molecular weight excluding hydrogens is 348 g/mol. The molecule has 0 radical (unpaired) electrons. The van der Waals surface area contributed by atoms with E-state index in [0.29, 0.717) is 0 Å². The molecule has 0 aromatic heterocycles. The third kappa shape index (κ3) is 3.35. The molecule has 21 heavy (non-hydrogen) atoms. The van der Waals surface area contributed by atoms with E-state index in [-0.39, 0.29) is 0 Å². The Balaban J connectivity index is 1.71. The van der Waals surface area contributed by atoms with Crippen LogP contribution in [0.1, 0.15) is 5.56 Å². The predicted octanol–water partition coefficient (Wildman–Crippen LogP) is 4.56. The minimum atomic E-state index is 0.802. The molecule has 0 unspecified atom stereocenters. The number of rotatable bonds is 3. The van der Waals surface area contributed by atoms with Gasteiger partial charge in [0.25, 0.3) is 0 Å². The summed E-state index contributed by atoms with van der Waals surface area (Å²) in [6.45, 7) is 4.18. The Morgan fingerprint density at radius 3 is 2.24 bits per heavy atom.